The molecule has 0 aliphatic carbocycles. The topological polar surface area (TPSA) is 74.9 Å². The van der Waals surface area contributed by atoms with Crippen LogP contribution in [0, 0.1) is 39.0 Å². The normalized spacial score (nSPS) is 15.9. The van der Waals surface area contributed by atoms with Gasteiger partial charge < -0.3 is 4.57 Å². The molecule has 1 aliphatic heterocycles. The maximum atomic E-state index is 11.7. The van der Waals surface area contributed by atoms with Gasteiger partial charge in [-0.1, -0.05) is 0 Å². The zero-order chi connectivity index (χ0) is 17.6. The maximum Gasteiger partial charge on any atom is 0.290 e. The van der Waals surface area contributed by atoms with E-state index < -0.39 is 0 Å². The Balaban J connectivity index is 2.14. The lowest BCUT2D eigenvalue weighted by Gasteiger charge is -2.07. The standard InChI is InChI=1S/C17H15N3O2S2/c1-8-5-12(6-14-15(21)19-17(22)24-14)10(3)20(8)16-13(7-18)9(2)11(4)23-16/h5-6H,1-4H3,(H,19,21,22)/b14-6-. The van der Waals surface area contributed by atoms with E-state index in [9.17, 15) is 14.9 Å². The number of hydrogen-bond acceptors (Lipinski definition) is 5. The molecule has 2 aromatic rings. The second kappa shape index (κ2) is 5.96. The van der Waals surface area contributed by atoms with Gasteiger partial charge in [0.15, 0.2) is 0 Å². The molecule has 3 rings (SSSR count). The van der Waals surface area contributed by atoms with Crippen LogP contribution >= 0.6 is 23.1 Å². The number of thioether (sulfide) groups is 1. The molecular weight excluding hydrogens is 342 g/mol. The van der Waals surface area contributed by atoms with E-state index >= 15 is 0 Å². The number of thiophene rings is 1. The van der Waals surface area contributed by atoms with E-state index in [0.29, 0.717) is 10.5 Å². The fourth-order valence-electron chi connectivity index (χ4n) is 2.71. The van der Waals surface area contributed by atoms with Crippen LogP contribution < -0.4 is 5.32 Å². The van der Waals surface area contributed by atoms with E-state index in [4.69, 9.17) is 0 Å². The van der Waals surface area contributed by atoms with Gasteiger partial charge in [-0.3, -0.25) is 14.9 Å². The molecule has 1 saturated heterocycles. The third kappa shape index (κ3) is 2.58. The van der Waals surface area contributed by atoms with Crippen molar-refractivity contribution in [3.8, 4) is 11.1 Å². The molecule has 0 saturated carbocycles. The summed E-state index contributed by atoms with van der Waals surface area (Å²) >= 11 is 2.49. The Morgan fingerprint density at radius 2 is 1.96 bits per heavy atom. The minimum atomic E-state index is -0.365. The van der Waals surface area contributed by atoms with Crippen molar-refractivity contribution in [3.05, 3.63) is 43.9 Å². The van der Waals surface area contributed by atoms with Crippen LogP contribution in [0.15, 0.2) is 11.0 Å². The van der Waals surface area contributed by atoms with Crippen molar-refractivity contribution in [2.24, 2.45) is 0 Å². The number of nitrogens with one attached hydrogen (secondary N) is 1. The van der Waals surface area contributed by atoms with Crippen LogP contribution in [-0.4, -0.2) is 15.7 Å². The van der Waals surface area contributed by atoms with E-state index in [1.807, 2.05) is 38.3 Å². The summed E-state index contributed by atoms with van der Waals surface area (Å²) in [6.45, 7) is 7.88. The smallest absolute Gasteiger partial charge is 0.290 e. The predicted octanol–water partition coefficient (Wildman–Crippen LogP) is 3.97. The average molecular weight is 357 g/mol. The first-order chi connectivity index (χ1) is 11.3. The molecule has 2 aromatic heterocycles. The lowest BCUT2D eigenvalue weighted by Crippen LogP contribution is -2.17. The van der Waals surface area contributed by atoms with Crippen molar-refractivity contribution in [3.63, 3.8) is 0 Å². The van der Waals surface area contributed by atoms with Crippen LogP contribution in [0.25, 0.3) is 11.1 Å². The van der Waals surface area contributed by atoms with E-state index in [0.717, 1.165) is 44.2 Å². The average Bonchev–Trinajstić information content (AvgIpc) is 3.07. The SMILES string of the molecule is Cc1sc(-n2c(C)cc(/C=C3\SC(=O)NC3=O)c2C)c(C#N)c1C. The van der Waals surface area contributed by atoms with Crippen LogP contribution in [-0.2, 0) is 4.79 Å². The molecule has 24 heavy (non-hydrogen) atoms. The highest BCUT2D eigenvalue weighted by Crippen LogP contribution is 2.35. The molecule has 0 aromatic carbocycles. The summed E-state index contributed by atoms with van der Waals surface area (Å²) in [4.78, 5) is 24.6. The van der Waals surface area contributed by atoms with Crippen LogP contribution in [0.5, 0.6) is 0 Å². The van der Waals surface area contributed by atoms with Crippen molar-refractivity contribution in [2.45, 2.75) is 27.7 Å². The van der Waals surface area contributed by atoms with Gasteiger partial charge in [-0.25, -0.2) is 0 Å². The molecule has 0 radical (unpaired) electrons. The number of aromatic nitrogens is 1. The highest BCUT2D eigenvalue weighted by atomic mass is 32.2. The van der Waals surface area contributed by atoms with E-state index in [1.54, 1.807) is 17.4 Å². The number of hydrogen-bond donors (Lipinski definition) is 1. The second-order valence-electron chi connectivity index (χ2n) is 5.59. The first-order valence-electron chi connectivity index (χ1n) is 7.27. The minimum absolute atomic E-state index is 0.351. The van der Waals surface area contributed by atoms with Crippen molar-refractivity contribution >= 4 is 40.3 Å². The van der Waals surface area contributed by atoms with Gasteiger partial charge in [0.25, 0.3) is 11.1 Å². The molecular formula is C17H15N3O2S2. The van der Waals surface area contributed by atoms with Gasteiger partial charge in [-0.2, -0.15) is 5.26 Å². The lowest BCUT2D eigenvalue weighted by atomic mass is 10.2. The Hall–Kier alpha value is -2.30. The van der Waals surface area contributed by atoms with Crippen molar-refractivity contribution in [2.75, 3.05) is 0 Å². The van der Waals surface area contributed by atoms with Gasteiger partial charge in [-0.05, 0) is 62.7 Å². The molecule has 3 heterocycles. The number of carbonyl (C=O) groups excluding carboxylic acids is 2. The van der Waals surface area contributed by atoms with Gasteiger partial charge in [-0.15, -0.1) is 11.3 Å². The van der Waals surface area contributed by atoms with Crippen molar-refractivity contribution in [1.29, 1.82) is 5.26 Å². The van der Waals surface area contributed by atoms with Crippen LogP contribution in [0.3, 0.4) is 0 Å². The highest BCUT2D eigenvalue weighted by molar-refractivity contribution is 8.18. The Labute approximate surface area is 148 Å². The van der Waals surface area contributed by atoms with Gasteiger partial charge >= 0.3 is 0 Å². The highest BCUT2D eigenvalue weighted by Gasteiger charge is 2.26. The number of nitriles is 1. The summed E-state index contributed by atoms with van der Waals surface area (Å²) in [6.07, 6.45) is 1.73. The summed E-state index contributed by atoms with van der Waals surface area (Å²) < 4.78 is 2.04. The fraction of sp³-hybridized carbons (Fsp3) is 0.235. The molecule has 0 unspecified atom stereocenters. The largest absolute Gasteiger partial charge is 0.308 e. The summed E-state index contributed by atoms with van der Waals surface area (Å²) in [5.41, 5.74) is 4.47. The molecule has 1 fully saturated rings. The molecule has 0 spiro atoms. The second-order valence-corrected chi connectivity index (χ2v) is 7.81. The Morgan fingerprint density at radius 1 is 1.25 bits per heavy atom. The quantitative estimate of drug-likeness (QED) is 0.825. The third-order valence-electron chi connectivity index (χ3n) is 4.08. The number of nitrogens with zero attached hydrogens (tertiary/aromatic N) is 2. The summed E-state index contributed by atoms with van der Waals surface area (Å²) in [7, 11) is 0. The Bertz CT molecular complexity index is 958. The molecule has 0 bridgehead atoms. The van der Waals surface area contributed by atoms with Gasteiger partial charge in [0.2, 0.25) is 0 Å². The number of imide groups is 1. The number of aryl methyl sites for hydroxylation is 2. The fourth-order valence-corrected chi connectivity index (χ4v) is 4.60. The first kappa shape index (κ1) is 16.6. The van der Waals surface area contributed by atoms with Crippen LogP contribution in [0.2, 0.25) is 0 Å². The molecule has 0 atom stereocenters. The van der Waals surface area contributed by atoms with Gasteiger partial charge in [0.1, 0.15) is 11.1 Å². The molecule has 5 nitrogen and oxygen atoms in total. The molecule has 122 valence electrons. The predicted molar refractivity (Wildman–Crippen MR) is 96.4 cm³/mol. The van der Waals surface area contributed by atoms with E-state index in [1.165, 1.54) is 0 Å². The molecule has 1 aliphatic rings. The molecule has 7 heteroatoms. The Kier molecular flexibility index (Phi) is 4.11. The Morgan fingerprint density at radius 3 is 2.54 bits per heavy atom. The van der Waals surface area contributed by atoms with Crippen LogP contribution in [0.4, 0.5) is 4.79 Å². The number of rotatable bonds is 2. The number of amides is 2. The van der Waals surface area contributed by atoms with E-state index in [-0.39, 0.29) is 11.1 Å². The maximum absolute atomic E-state index is 11.7. The minimum Gasteiger partial charge on any atom is -0.308 e. The summed E-state index contributed by atoms with van der Waals surface area (Å²) in [5, 5.41) is 12.3. The lowest BCUT2D eigenvalue weighted by molar-refractivity contribution is -0.115. The summed E-state index contributed by atoms with van der Waals surface area (Å²) in [6, 6.07) is 4.26. The third-order valence-corrected chi connectivity index (χ3v) is 6.08. The van der Waals surface area contributed by atoms with Crippen molar-refractivity contribution in [1.82, 2.24) is 9.88 Å². The first-order valence-corrected chi connectivity index (χ1v) is 8.91. The summed E-state index contributed by atoms with van der Waals surface area (Å²) in [5.74, 6) is -0.365. The van der Waals surface area contributed by atoms with Gasteiger partial charge in [0.05, 0.1) is 10.5 Å². The zero-order valence-electron chi connectivity index (χ0n) is 13.7. The number of carbonyl (C=O) groups is 2. The van der Waals surface area contributed by atoms with Crippen LogP contribution in [0.1, 0.15) is 33.0 Å². The zero-order valence-corrected chi connectivity index (χ0v) is 15.3. The molecule has 1 N–H and O–H groups in total. The van der Waals surface area contributed by atoms with Gasteiger partial charge in [0, 0.05) is 16.3 Å². The molecule has 2 amide bonds. The van der Waals surface area contributed by atoms with E-state index in [2.05, 4.69) is 11.4 Å². The van der Waals surface area contributed by atoms with Crippen molar-refractivity contribution < 1.29 is 9.59 Å². The monoisotopic (exact) mass is 357 g/mol.